The van der Waals surface area contributed by atoms with Crippen molar-refractivity contribution >= 4 is 23.5 Å². The first-order chi connectivity index (χ1) is 14.9. The van der Waals surface area contributed by atoms with E-state index in [-0.39, 0.29) is 17.1 Å². The molecule has 7 heteroatoms. The van der Waals surface area contributed by atoms with Gasteiger partial charge in [0, 0.05) is 18.4 Å². The maximum atomic E-state index is 11.5. The summed E-state index contributed by atoms with van der Waals surface area (Å²) < 4.78 is 0. The first-order valence-corrected chi connectivity index (χ1v) is 10.4. The Morgan fingerprint density at radius 1 is 1.00 bits per heavy atom. The summed E-state index contributed by atoms with van der Waals surface area (Å²) in [5.41, 5.74) is 3.61. The Balaban J connectivity index is 1.92. The van der Waals surface area contributed by atoms with Crippen LogP contribution in [0.15, 0.2) is 48.5 Å². The fourth-order valence-corrected chi connectivity index (χ4v) is 3.66. The van der Waals surface area contributed by atoms with E-state index in [1.165, 1.54) is 0 Å². The van der Waals surface area contributed by atoms with Crippen LogP contribution in [0.1, 0.15) is 52.8 Å². The Morgan fingerprint density at radius 2 is 1.71 bits per heavy atom. The SMILES string of the molecule is CCCCc1nc(Cl)c(CC(=O)O)c(Cc2ccc(-c3ccccc3C(=O)O)cc2)n1. The number of carboxylic acids is 2. The Morgan fingerprint density at radius 3 is 2.35 bits per heavy atom. The highest BCUT2D eigenvalue weighted by molar-refractivity contribution is 6.30. The molecular formula is C24H23ClN2O4. The minimum Gasteiger partial charge on any atom is -0.481 e. The van der Waals surface area contributed by atoms with Crippen LogP contribution in [-0.4, -0.2) is 32.1 Å². The quantitative estimate of drug-likeness (QED) is 0.453. The van der Waals surface area contributed by atoms with E-state index >= 15 is 0 Å². The van der Waals surface area contributed by atoms with Gasteiger partial charge in [-0.15, -0.1) is 0 Å². The largest absolute Gasteiger partial charge is 0.481 e. The standard InChI is InChI=1S/C24H23ClN2O4/c1-2-3-8-21-26-20(19(14-22(28)29)23(25)27-21)13-15-9-11-16(12-10-15)17-6-4-5-7-18(17)24(30)31/h4-7,9-12H,2-3,8,13-14H2,1H3,(H,28,29)(H,30,31). The molecule has 3 rings (SSSR count). The number of hydrogen-bond donors (Lipinski definition) is 2. The second-order valence-electron chi connectivity index (χ2n) is 7.25. The zero-order valence-electron chi connectivity index (χ0n) is 17.1. The number of aryl methyl sites for hydroxylation is 1. The fraction of sp³-hybridized carbons (Fsp3) is 0.250. The number of aromatic carboxylic acids is 1. The van der Waals surface area contributed by atoms with Gasteiger partial charge in [0.15, 0.2) is 0 Å². The van der Waals surface area contributed by atoms with E-state index in [0.29, 0.717) is 35.5 Å². The van der Waals surface area contributed by atoms with Crippen LogP contribution >= 0.6 is 11.6 Å². The summed E-state index contributed by atoms with van der Waals surface area (Å²) in [6.07, 6.45) is 2.76. The molecule has 160 valence electrons. The molecule has 0 amide bonds. The first-order valence-electron chi connectivity index (χ1n) is 10.1. The fourth-order valence-electron chi connectivity index (χ4n) is 3.38. The van der Waals surface area contributed by atoms with Crippen LogP contribution in [0.3, 0.4) is 0 Å². The van der Waals surface area contributed by atoms with Crippen molar-refractivity contribution in [3.05, 3.63) is 81.9 Å². The van der Waals surface area contributed by atoms with Crippen molar-refractivity contribution in [2.45, 2.75) is 39.0 Å². The average molecular weight is 439 g/mol. The van der Waals surface area contributed by atoms with Gasteiger partial charge in [-0.1, -0.05) is 67.4 Å². The molecule has 0 bridgehead atoms. The van der Waals surface area contributed by atoms with Gasteiger partial charge in [-0.2, -0.15) is 0 Å². The first kappa shape index (κ1) is 22.4. The van der Waals surface area contributed by atoms with Crippen molar-refractivity contribution < 1.29 is 19.8 Å². The van der Waals surface area contributed by atoms with Crippen LogP contribution in [-0.2, 0) is 24.1 Å². The lowest BCUT2D eigenvalue weighted by atomic mass is 9.97. The van der Waals surface area contributed by atoms with E-state index in [1.807, 2.05) is 24.3 Å². The lowest BCUT2D eigenvalue weighted by Gasteiger charge is -2.12. The maximum Gasteiger partial charge on any atom is 0.336 e. The van der Waals surface area contributed by atoms with Gasteiger partial charge < -0.3 is 10.2 Å². The number of unbranched alkanes of at least 4 members (excludes halogenated alkanes) is 1. The van der Waals surface area contributed by atoms with Crippen molar-refractivity contribution in [3.8, 4) is 11.1 Å². The van der Waals surface area contributed by atoms with Gasteiger partial charge in [0.25, 0.3) is 0 Å². The van der Waals surface area contributed by atoms with Gasteiger partial charge in [-0.3, -0.25) is 4.79 Å². The van der Waals surface area contributed by atoms with Crippen LogP contribution in [0.25, 0.3) is 11.1 Å². The molecule has 3 aromatic rings. The highest BCUT2D eigenvalue weighted by Gasteiger charge is 2.17. The van der Waals surface area contributed by atoms with E-state index in [1.54, 1.807) is 24.3 Å². The molecule has 0 aliphatic carbocycles. The van der Waals surface area contributed by atoms with Gasteiger partial charge in [-0.25, -0.2) is 14.8 Å². The summed E-state index contributed by atoms with van der Waals surface area (Å²) in [6, 6.07) is 14.3. The highest BCUT2D eigenvalue weighted by atomic mass is 35.5. The lowest BCUT2D eigenvalue weighted by molar-refractivity contribution is -0.136. The number of halogens is 1. The zero-order valence-corrected chi connectivity index (χ0v) is 17.9. The lowest BCUT2D eigenvalue weighted by Crippen LogP contribution is -2.11. The summed E-state index contributed by atoms with van der Waals surface area (Å²) in [5.74, 6) is -1.36. The minimum atomic E-state index is -0.992. The predicted molar refractivity (Wildman–Crippen MR) is 119 cm³/mol. The van der Waals surface area contributed by atoms with Crippen LogP contribution in [0.2, 0.25) is 5.15 Å². The monoisotopic (exact) mass is 438 g/mol. The summed E-state index contributed by atoms with van der Waals surface area (Å²) in [5, 5.41) is 18.9. The number of hydrogen-bond acceptors (Lipinski definition) is 4. The summed E-state index contributed by atoms with van der Waals surface area (Å²) in [6.45, 7) is 2.07. The third-order valence-electron chi connectivity index (χ3n) is 4.96. The molecule has 0 saturated heterocycles. The van der Waals surface area contributed by atoms with E-state index in [0.717, 1.165) is 24.0 Å². The van der Waals surface area contributed by atoms with E-state index < -0.39 is 11.9 Å². The smallest absolute Gasteiger partial charge is 0.336 e. The van der Waals surface area contributed by atoms with E-state index in [2.05, 4.69) is 16.9 Å². The molecular weight excluding hydrogens is 416 g/mol. The van der Waals surface area contributed by atoms with Crippen molar-refractivity contribution in [2.75, 3.05) is 0 Å². The number of nitrogens with zero attached hydrogens (tertiary/aromatic N) is 2. The van der Waals surface area contributed by atoms with Crippen molar-refractivity contribution in [1.82, 2.24) is 9.97 Å². The Bertz CT molecular complexity index is 1100. The third-order valence-corrected chi connectivity index (χ3v) is 5.28. The van der Waals surface area contributed by atoms with Gasteiger partial charge in [0.2, 0.25) is 0 Å². The van der Waals surface area contributed by atoms with Crippen molar-refractivity contribution in [1.29, 1.82) is 0 Å². The van der Waals surface area contributed by atoms with Crippen molar-refractivity contribution in [2.24, 2.45) is 0 Å². The molecule has 1 aromatic heterocycles. The Labute approximate surface area is 185 Å². The van der Waals surface area contributed by atoms with E-state index in [4.69, 9.17) is 11.6 Å². The topological polar surface area (TPSA) is 100 Å². The number of rotatable bonds is 9. The second-order valence-corrected chi connectivity index (χ2v) is 7.61. The van der Waals surface area contributed by atoms with Gasteiger partial charge in [0.05, 0.1) is 17.7 Å². The molecule has 2 aromatic carbocycles. The zero-order chi connectivity index (χ0) is 22.4. The normalized spacial score (nSPS) is 10.8. The molecule has 0 fully saturated rings. The van der Waals surface area contributed by atoms with Gasteiger partial charge in [0.1, 0.15) is 11.0 Å². The molecule has 0 radical (unpaired) electrons. The average Bonchev–Trinajstić information content (AvgIpc) is 2.75. The van der Waals surface area contributed by atoms with Gasteiger partial charge >= 0.3 is 11.9 Å². The Kier molecular flexibility index (Phi) is 7.36. The van der Waals surface area contributed by atoms with Crippen LogP contribution in [0.5, 0.6) is 0 Å². The summed E-state index contributed by atoms with van der Waals surface area (Å²) in [4.78, 5) is 31.7. The number of carbonyl (C=O) groups is 2. The summed E-state index contributed by atoms with van der Waals surface area (Å²) in [7, 11) is 0. The predicted octanol–water partition coefficient (Wildman–Crippen LogP) is 5.06. The number of carboxylic acid groups (broad SMARTS) is 2. The molecule has 0 aliphatic heterocycles. The molecule has 0 aliphatic rings. The van der Waals surface area contributed by atoms with Crippen LogP contribution < -0.4 is 0 Å². The number of aliphatic carboxylic acids is 1. The third kappa shape index (κ3) is 5.67. The minimum absolute atomic E-state index is 0.186. The molecule has 0 atom stereocenters. The van der Waals surface area contributed by atoms with Crippen molar-refractivity contribution in [3.63, 3.8) is 0 Å². The molecule has 0 unspecified atom stereocenters. The summed E-state index contributed by atoms with van der Waals surface area (Å²) >= 11 is 6.31. The molecule has 0 spiro atoms. The molecule has 31 heavy (non-hydrogen) atoms. The highest BCUT2D eigenvalue weighted by Crippen LogP contribution is 2.26. The molecule has 6 nitrogen and oxygen atoms in total. The van der Waals surface area contributed by atoms with Crippen LogP contribution in [0, 0.1) is 0 Å². The molecule has 2 N–H and O–H groups in total. The van der Waals surface area contributed by atoms with E-state index in [9.17, 15) is 19.8 Å². The number of aromatic nitrogens is 2. The maximum absolute atomic E-state index is 11.5. The molecule has 1 heterocycles. The second kappa shape index (κ2) is 10.2. The van der Waals surface area contributed by atoms with Gasteiger partial charge in [-0.05, 0) is 29.2 Å². The molecule has 0 saturated carbocycles. The number of benzene rings is 2. The van der Waals surface area contributed by atoms with Crippen LogP contribution in [0.4, 0.5) is 0 Å². The Hall–Kier alpha value is -3.25.